The molecule has 6 heteroatoms. The highest BCUT2D eigenvalue weighted by atomic mass is 31.2. The molecule has 1 unspecified atom stereocenters. The zero-order valence-electron chi connectivity index (χ0n) is 11.8. The Morgan fingerprint density at radius 3 is 2.32 bits per heavy atom. The van der Waals surface area contributed by atoms with E-state index in [1.807, 2.05) is 20.2 Å². The van der Waals surface area contributed by atoms with Crippen LogP contribution in [-0.4, -0.2) is 43.1 Å². The van der Waals surface area contributed by atoms with Crippen molar-refractivity contribution in [1.29, 1.82) is 0 Å². The topological polar surface area (TPSA) is 62.0 Å². The number of amides is 1. The summed E-state index contributed by atoms with van der Waals surface area (Å²) in [5.74, 6) is -1.02. The van der Waals surface area contributed by atoms with Crippen LogP contribution in [0.5, 0.6) is 0 Å². The van der Waals surface area contributed by atoms with Crippen molar-refractivity contribution in [2.75, 3.05) is 27.4 Å². The van der Waals surface area contributed by atoms with E-state index in [4.69, 9.17) is 0 Å². The normalized spacial score (nSPS) is 15.9. The molecule has 0 spiro atoms. The number of rotatable bonds is 5. The maximum Gasteiger partial charge on any atom is 0.279 e. The van der Waals surface area contributed by atoms with Crippen LogP contribution in [0.15, 0.2) is 30.3 Å². The van der Waals surface area contributed by atoms with Gasteiger partial charge in [0.1, 0.15) is 5.78 Å². The molecule has 0 aliphatic rings. The van der Waals surface area contributed by atoms with E-state index in [2.05, 4.69) is 0 Å². The van der Waals surface area contributed by atoms with Gasteiger partial charge in [-0.3, -0.25) is 9.36 Å². The molecule has 106 valence electrons. The minimum Gasteiger partial charge on any atom is -0.339 e. The number of benzene rings is 1. The van der Waals surface area contributed by atoms with Gasteiger partial charge in [0.05, 0.1) is 14.1 Å². The maximum atomic E-state index is 12.6. The largest absolute Gasteiger partial charge is 0.339 e. The molecule has 0 bridgehead atoms. The van der Waals surface area contributed by atoms with Crippen molar-refractivity contribution in [2.24, 2.45) is 0 Å². The molecule has 2 atom stereocenters. The van der Waals surface area contributed by atoms with Crippen LogP contribution in [0.4, 0.5) is 0 Å². The van der Waals surface area contributed by atoms with E-state index >= 15 is 0 Å². The van der Waals surface area contributed by atoms with Gasteiger partial charge < -0.3 is 14.7 Å². The van der Waals surface area contributed by atoms with Crippen LogP contribution in [0.25, 0.3) is 0 Å². The van der Waals surface area contributed by atoms with E-state index in [0.717, 1.165) is 4.90 Å². The number of hydrogen-bond acceptors (Lipinski definition) is 2. The predicted octanol–water partition coefficient (Wildman–Crippen LogP) is 0.536. The smallest absolute Gasteiger partial charge is 0.279 e. The van der Waals surface area contributed by atoms with Gasteiger partial charge in [-0.25, -0.2) is 0 Å². The molecule has 0 aromatic heterocycles. The lowest BCUT2D eigenvalue weighted by atomic mass is 10.2. The quantitative estimate of drug-likeness (QED) is 0.776. The Kier molecular flexibility index (Phi) is 5.29. The van der Waals surface area contributed by atoms with Crippen molar-refractivity contribution in [1.82, 2.24) is 4.90 Å². The molecule has 1 amide bonds. The molecule has 0 aliphatic carbocycles. The number of nitrogens with zero attached hydrogens (tertiary/aromatic N) is 1. The number of carbonyl (C=O) groups excluding carboxylic acids is 1. The first-order valence-corrected chi connectivity index (χ1v) is 8.06. The molecule has 0 aliphatic heterocycles. The van der Waals surface area contributed by atoms with Crippen molar-refractivity contribution >= 4 is 13.3 Å². The van der Waals surface area contributed by atoms with Crippen molar-refractivity contribution in [3.63, 3.8) is 0 Å². The summed E-state index contributed by atoms with van der Waals surface area (Å²) in [5, 5.41) is 0. The lowest BCUT2D eigenvalue weighted by Gasteiger charge is -2.31. The molecule has 0 saturated carbocycles. The molecule has 2 N–H and O–H groups in total. The van der Waals surface area contributed by atoms with Gasteiger partial charge in [0, 0.05) is 14.0 Å². The monoisotopic (exact) mass is 285 g/mol. The van der Waals surface area contributed by atoms with E-state index in [1.165, 1.54) is 11.8 Å². The highest BCUT2D eigenvalue weighted by molar-refractivity contribution is 7.58. The molecule has 19 heavy (non-hydrogen) atoms. The summed E-state index contributed by atoms with van der Waals surface area (Å²) in [4.78, 5) is 24.2. The number of quaternary nitrogens is 1. The average Bonchev–Trinajstić information content (AvgIpc) is 2.28. The zero-order valence-corrected chi connectivity index (χ0v) is 12.7. The summed E-state index contributed by atoms with van der Waals surface area (Å²) < 4.78 is 12.6. The summed E-state index contributed by atoms with van der Waals surface area (Å²) in [6, 6.07) is 9.00. The van der Waals surface area contributed by atoms with E-state index < -0.39 is 13.2 Å². The zero-order chi connectivity index (χ0) is 14.6. The molecule has 1 aromatic rings. The predicted molar refractivity (Wildman–Crippen MR) is 75.1 cm³/mol. The van der Waals surface area contributed by atoms with Crippen LogP contribution in [0.1, 0.15) is 18.3 Å². The van der Waals surface area contributed by atoms with Crippen LogP contribution in [0.3, 0.4) is 0 Å². The van der Waals surface area contributed by atoms with Crippen molar-refractivity contribution in [3.05, 3.63) is 35.9 Å². The minimum atomic E-state index is -3.52. The van der Waals surface area contributed by atoms with Crippen molar-refractivity contribution in [3.8, 4) is 0 Å². The van der Waals surface area contributed by atoms with Gasteiger partial charge in [0.25, 0.3) is 7.37 Å². The Morgan fingerprint density at radius 1 is 1.37 bits per heavy atom. The molecular weight excluding hydrogens is 263 g/mol. The fourth-order valence-electron chi connectivity index (χ4n) is 2.06. The summed E-state index contributed by atoms with van der Waals surface area (Å²) in [6.07, 6.45) is 0.115. The third-order valence-electron chi connectivity index (χ3n) is 2.89. The number of hydrogen-bond donors (Lipinski definition) is 2. The highest BCUT2D eigenvalue weighted by Crippen LogP contribution is 2.55. The van der Waals surface area contributed by atoms with Gasteiger partial charge >= 0.3 is 0 Å². The fraction of sp³-hybridized carbons (Fsp3) is 0.462. The maximum absolute atomic E-state index is 12.6. The molecule has 0 saturated heterocycles. The Hall–Kier alpha value is -1.16. The molecule has 0 fully saturated rings. The SMILES string of the molecule is CC(=O)N(C)[C@H](c1ccccc1)P(=O)(O)C[NH+](C)C. The summed E-state index contributed by atoms with van der Waals surface area (Å²) in [5.41, 5.74) is 0.687. The Balaban J connectivity index is 3.20. The fourth-order valence-corrected chi connectivity index (χ4v) is 4.49. The second kappa shape index (κ2) is 6.33. The van der Waals surface area contributed by atoms with Crippen LogP contribution >= 0.6 is 7.37 Å². The molecular formula is C13H22N2O3P+. The Labute approximate surface area is 114 Å². The van der Waals surface area contributed by atoms with Crippen LogP contribution in [0.2, 0.25) is 0 Å². The van der Waals surface area contributed by atoms with Gasteiger partial charge in [-0.1, -0.05) is 30.3 Å². The molecule has 0 heterocycles. The third-order valence-corrected chi connectivity index (χ3v) is 5.38. The molecule has 0 radical (unpaired) electrons. The van der Waals surface area contributed by atoms with Crippen LogP contribution < -0.4 is 4.90 Å². The first-order valence-electron chi connectivity index (χ1n) is 6.14. The van der Waals surface area contributed by atoms with Crippen LogP contribution in [-0.2, 0) is 9.36 Å². The first kappa shape index (κ1) is 15.9. The standard InChI is InChI=1S/C13H21N2O3P/c1-11(16)15(4)13(12-8-6-5-7-9-12)19(17,18)10-14(2)3/h5-9,13H,10H2,1-4H3,(H,17,18)/p+1/t13-/m0/s1. The van der Waals surface area contributed by atoms with Gasteiger partial charge in [-0.05, 0) is 5.56 Å². The Morgan fingerprint density at radius 2 is 1.89 bits per heavy atom. The van der Waals surface area contributed by atoms with Gasteiger partial charge in [0.2, 0.25) is 5.91 Å². The molecule has 1 aromatic carbocycles. The third kappa shape index (κ3) is 4.16. The van der Waals surface area contributed by atoms with Gasteiger partial charge in [-0.2, -0.15) is 0 Å². The minimum absolute atomic E-state index is 0.115. The van der Waals surface area contributed by atoms with Crippen molar-refractivity contribution in [2.45, 2.75) is 12.7 Å². The lowest BCUT2D eigenvalue weighted by molar-refractivity contribution is -0.846. The molecule has 5 nitrogen and oxygen atoms in total. The summed E-state index contributed by atoms with van der Waals surface area (Å²) in [7, 11) is 1.68. The Bertz CT molecular complexity index is 476. The van der Waals surface area contributed by atoms with E-state index in [-0.39, 0.29) is 12.2 Å². The molecule has 1 rings (SSSR count). The van der Waals surface area contributed by atoms with E-state index in [1.54, 1.807) is 31.3 Å². The van der Waals surface area contributed by atoms with Gasteiger partial charge in [-0.15, -0.1) is 0 Å². The van der Waals surface area contributed by atoms with Crippen molar-refractivity contribution < 1.29 is 19.2 Å². The van der Waals surface area contributed by atoms with E-state index in [9.17, 15) is 14.3 Å². The van der Waals surface area contributed by atoms with Gasteiger partial charge in [0.15, 0.2) is 6.29 Å². The number of carbonyl (C=O) groups is 1. The summed E-state index contributed by atoms with van der Waals surface area (Å²) in [6.45, 7) is 1.40. The van der Waals surface area contributed by atoms with Crippen LogP contribution in [0, 0.1) is 0 Å². The summed E-state index contributed by atoms with van der Waals surface area (Å²) >= 11 is 0. The number of nitrogens with one attached hydrogen (secondary N) is 1. The first-order chi connectivity index (χ1) is 8.75. The second-order valence-electron chi connectivity index (χ2n) is 5.04. The average molecular weight is 285 g/mol. The van der Waals surface area contributed by atoms with E-state index in [0.29, 0.717) is 5.56 Å². The lowest BCUT2D eigenvalue weighted by Crippen LogP contribution is -3.05. The highest BCUT2D eigenvalue weighted by Gasteiger charge is 2.39. The second-order valence-corrected chi connectivity index (χ2v) is 7.35.